The van der Waals surface area contributed by atoms with Gasteiger partial charge in [-0.05, 0) is 12.1 Å². The number of hydrogen-bond acceptors (Lipinski definition) is 4. The molecule has 0 aliphatic rings. The Labute approximate surface area is 136 Å². The number of aromatic carboxylic acids is 1. The SMILES string of the molecule is O=C(O)c1ccccc1SCc1nc(-c2ccccc2)cs1. The van der Waals surface area contributed by atoms with Crippen LogP contribution < -0.4 is 0 Å². The topological polar surface area (TPSA) is 50.2 Å². The molecule has 3 aromatic rings. The normalized spacial score (nSPS) is 10.5. The lowest BCUT2D eigenvalue weighted by Crippen LogP contribution is -1.98. The van der Waals surface area contributed by atoms with E-state index in [9.17, 15) is 9.90 Å². The third kappa shape index (κ3) is 3.37. The van der Waals surface area contributed by atoms with Gasteiger partial charge in [-0.1, -0.05) is 42.5 Å². The zero-order chi connectivity index (χ0) is 15.4. The first-order valence-corrected chi connectivity index (χ1v) is 8.55. The van der Waals surface area contributed by atoms with E-state index in [1.807, 2.05) is 47.8 Å². The van der Waals surface area contributed by atoms with E-state index in [4.69, 9.17) is 0 Å². The summed E-state index contributed by atoms with van der Waals surface area (Å²) in [5.41, 5.74) is 2.40. The summed E-state index contributed by atoms with van der Waals surface area (Å²) in [7, 11) is 0. The fraction of sp³-hybridized carbons (Fsp3) is 0.0588. The minimum atomic E-state index is -0.896. The number of carboxylic acids is 1. The number of nitrogens with zero attached hydrogens (tertiary/aromatic N) is 1. The number of thioether (sulfide) groups is 1. The summed E-state index contributed by atoms with van der Waals surface area (Å²) in [6.45, 7) is 0. The molecule has 1 heterocycles. The largest absolute Gasteiger partial charge is 0.478 e. The molecule has 0 spiro atoms. The van der Waals surface area contributed by atoms with Gasteiger partial charge in [0.05, 0.1) is 17.0 Å². The minimum absolute atomic E-state index is 0.340. The summed E-state index contributed by atoms with van der Waals surface area (Å²) in [5.74, 6) is -0.228. The fourth-order valence-corrected chi connectivity index (χ4v) is 3.89. The van der Waals surface area contributed by atoms with Gasteiger partial charge in [-0.25, -0.2) is 9.78 Å². The average molecular weight is 327 g/mol. The Morgan fingerprint density at radius 3 is 2.59 bits per heavy atom. The molecule has 0 bridgehead atoms. The second kappa shape index (κ2) is 6.77. The van der Waals surface area contributed by atoms with E-state index in [0.29, 0.717) is 11.3 Å². The lowest BCUT2D eigenvalue weighted by atomic mass is 10.2. The third-order valence-electron chi connectivity index (χ3n) is 3.09. The van der Waals surface area contributed by atoms with Crippen molar-refractivity contribution >= 4 is 29.1 Å². The Kier molecular flexibility index (Phi) is 4.56. The van der Waals surface area contributed by atoms with Crippen molar-refractivity contribution in [3.05, 3.63) is 70.5 Å². The Morgan fingerprint density at radius 1 is 1.09 bits per heavy atom. The first-order valence-electron chi connectivity index (χ1n) is 6.69. The van der Waals surface area contributed by atoms with E-state index in [1.54, 1.807) is 23.5 Å². The van der Waals surface area contributed by atoms with E-state index < -0.39 is 5.97 Å². The van der Waals surface area contributed by atoms with Crippen LogP contribution in [0.15, 0.2) is 64.9 Å². The van der Waals surface area contributed by atoms with Gasteiger partial charge >= 0.3 is 5.97 Å². The molecule has 0 saturated carbocycles. The van der Waals surface area contributed by atoms with Gasteiger partial charge in [0.2, 0.25) is 0 Å². The predicted molar refractivity (Wildman–Crippen MR) is 90.5 cm³/mol. The van der Waals surface area contributed by atoms with Gasteiger partial charge in [-0.2, -0.15) is 0 Å². The summed E-state index contributed by atoms with van der Waals surface area (Å²) in [4.78, 5) is 16.6. The van der Waals surface area contributed by atoms with Gasteiger partial charge < -0.3 is 5.11 Å². The van der Waals surface area contributed by atoms with Crippen molar-refractivity contribution in [2.45, 2.75) is 10.6 Å². The number of carboxylic acid groups (broad SMARTS) is 1. The summed E-state index contributed by atoms with van der Waals surface area (Å²) in [6, 6.07) is 17.1. The van der Waals surface area contributed by atoms with Crippen molar-refractivity contribution < 1.29 is 9.90 Å². The van der Waals surface area contributed by atoms with Crippen LogP contribution in [0.3, 0.4) is 0 Å². The van der Waals surface area contributed by atoms with Crippen LogP contribution in [-0.2, 0) is 5.75 Å². The first kappa shape index (κ1) is 14.8. The van der Waals surface area contributed by atoms with E-state index >= 15 is 0 Å². The van der Waals surface area contributed by atoms with Crippen LogP contribution >= 0.6 is 23.1 Å². The van der Waals surface area contributed by atoms with Crippen LogP contribution in [0.4, 0.5) is 0 Å². The first-order chi connectivity index (χ1) is 10.7. The zero-order valence-electron chi connectivity index (χ0n) is 11.6. The zero-order valence-corrected chi connectivity index (χ0v) is 13.2. The third-order valence-corrected chi connectivity index (χ3v) is 5.21. The lowest BCUT2D eigenvalue weighted by molar-refractivity contribution is 0.0693. The molecule has 1 aromatic heterocycles. The maximum absolute atomic E-state index is 11.2. The molecule has 5 heteroatoms. The molecule has 3 nitrogen and oxygen atoms in total. The number of carbonyl (C=O) groups is 1. The van der Waals surface area contributed by atoms with Crippen molar-refractivity contribution in [2.75, 3.05) is 0 Å². The van der Waals surface area contributed by atoms with Crippen molar-refractivity contribution in [3.63, 3.8) is 0 Å². The number of hydrogen-bond donors (Lipinski definition) is 1. The average Bonchev–Trinajstić information content (AvgIpc) is 3.03. The number of benzene rings is 2. The molecule has 2 aromatic carbocycles. The highest BCUT2D eigenvalue weighted by molar-refractivity contribution is 7.98. The van der Waals surface area contributed by atoms with Crippen LogP contribution in [0.5, 0.6) is 0 Å². The molecule has 0 fully saturated rings. The Morgan fingerprint density at radius 2 is 1.82 bits per heavy atom. The van der Waals surface area contributed by atoms with Gasteiger partial charge in [0.25, 0.3) is 0 Å². The molecule has 0 unspecified atom stereocenters. The van der Waals surface area contributed by atoms with E-state index in [2.05, 4.69) is 4.98 Å². The highest BCUT2D eigenvalue weighted by Crippen LogP contribution is 2.29. The van der Waals surface area contributed by atoms with Gasteiger partial charge in [0.1, 0.15) is 5.01 Å². The highest BCUT2D eigenvalue weighted by Gasteiger charge is 2.11. The molecule has 0 atom stereocenters. The van der Waals surface area contributed by atoms with Gasteiger partial charge in [-0.15, -0.1) is 23.1 Å². The maximum atomic E-state index is 11.2. The summed E-state index contributed by atoms with van der Waals surface area (Å²) in [6.07, 6.45) is 0. The van der Waals surface area contributed by atoms with E-state index in [0.717, 1.165) is 21.2 Å². The summed E-state index contributed by atoms with van der Waals surface area (Å²) in [5, 5.41) is 12.2. The molecule has 1 N–H and O–H groups in total. The molecule has 0 radical (unpaired) electrons. The second-order valence-electron chi connectivity index (χ2n) is 4.58. The van der Waals surface area contributed by atoms with Gasteiger partial charge in [0.15, 0.2) is 0 Å². The van der Waals surface area contributed by atoms with Crippen LogP contribution in [0, 0.1) is 0 Å². The van der Waals surface area contributed by atoms with Crippen LogP contribution in [0.25, 0.3) is 11.3 Å². The molecule has 0 saturated heterocycles. The Hall–Kier alpha value is -2.11. The Balaban J connectivity index is 1.73. The Bertz CT molecular complexity index is 784. The van der Waals surface area contributed by atoms with E-state index in [1.165, 1.54) is 11.8 Å². The van der Waals surface area contributed by atoms with Crippen molar-refractivity contribution in [1.29, 1.82) is 0 Å². The van der Waals surface area contributed by atoms with Gasteiger partial charge in [0, 0.05) is 15.8 Å². The lowest BCUT2D eigenvalue weighted by Gasteiger charge is -2.03. The summed E-state index contributed by atoms with van der Waals surface area (Å²) < 4.78 is 0. The van der Waals surface area contributed by atoms with Crippen molar-refractivity contribution in [1.82, 2.24) is 4.98 Å². The molecule has 0 aliphatic carbocycles. The van der Waals surface area contributed by atoms with Crippen molar-refractivity contribution in [2.24, 2.45) is 0 Å². The minimum Gasteiger partial charge on any atom is -0.478 e. The molecule has 0 amide bonds. The number of rotatable bonds is 5. The number of aromatic nitrogens is 1. The highest BCUT2D eigenvalue weighted by atomic mass is 32.2. The smallest absolute Gasteiger partial charge is 0.336 e. The molecule has 22 heavy (non-hydrogen) atoms. The standard InChI is InChI=1S/C17H13NO2S2/c19-17(20)13-8-4-5-9-15(13)21-11-16-18-14(10-22-16)12-6-2-1-3-7-12/h1-10H,11H2,(H,19,20). The monoisotopic (exact) mass is 327 g/mol. The molecule has 110 valence electrons. The van der Waals surface area contributed by atoms with Crippen LogP contribution in [0.2, 0.25) is 0 Å². The molecular formula is C17H13NO2S2. The molecule has 0 aliphatic heterocycles. The van der Waals surface area contributed by atoms with Crippen LogP contribution in [-0.4, -0.2) is 16.1 Å². The predicted octanol–water partition coefficient (Wildman–Crippen LogP) is 4.80. The molecular weight excluding hydrogens is 314 g/mol. The second-order valence-corrected chi connectivity index (χ2v) is 6.54. The van der Waals surface area contributed by atoms with Crippen molar-refractivity contribution in [3.8, 4) is 11.3 Å². The molecule has 3 rings (SSSR count). The fourth-order valence-electron chi connectivity index (χ4n) is 2.03. The van der Waals surface area contributed by atoms with E-state index in [-0.39, 0.29) is 0 Å². The maximum Gasteiger partial charge on any atom is 0.336 e. The summed E-state index contributed by atoms with van der Waals surface area (Å²) >= 11 is 3.10. The number of thiazole rings is 1. The van der Waals surface area contributed by atoms with Crippen LogP contribution in [0.1, 0.15) is 15.4 Å². The van der Waals surface area contributed by atoms with Gasteiger partial charge in [-0.3, -0.25) is 0 Å². The quantitative estimate of drug-likeness (QED) is 0.684.